The number of rotatable bonds is 6. The van der Waals surface area contributed by atoms with Gasteiger partial charge in [-0.25, -0.2) is 4.79 Å². The summed E-state index contributed by atoms with van der Waals surface area (Å²) >= 11 is 0. The van der Waals surface area contributed by atoms with Crippen molar-refractivity contribution in [3.63, 3.8) is 0 Å². The first kappa shape index (κ1) is 13.8. The van der Waals surface area contributed by atoms with Crippen LogP contribution in [0.4, 0.5) is 11.4 Å². The van der Waals surface area contributed by atoms with Gasteiger partial charge < -0.3 is 10.2 Å². The summed E-state index contributed by atoms with van der Waals surface area (Å²) in [4.78, 5) is 15.5. The van der Waals surface area contributed by atoms with Crippen molar-refractivity contribution in [1.82, 2.24) is 5.48 Å². The van der Waals surface area contributed by atoms with E-state index >= 15 is 0 Å². The number of hydroxylamine groups is 1. The summed E-state index contributed by atoms with van der Waals surface area (Å²) in [7, 11) is 0. The van der Waals surface area contributed by atoms with Crippen LogP contribution in [0.2, 0.25) is 0 Å². The van der Waals surface area contributed by atoms with Gasteiger partial charge in [-0.1, -0.05) is 36.9 Å². The molecule has 2 aromatic carbocycles. The van der Waals surface area contributed by atoms with Crippen LogP contribution in [0.15, 0.2) is 67.3 Å². The van der Waals surface area contributed by atoms with Gasteiger partial charge >= 0.3 is 5.97 Å². The highest BCUT2D eigenvalue weighted by atomic mass is 16.7. The Morgan fingerprint density at radius 1 is 1.05 bits per heavy atom. The second kappa shape index (κ2) is 7.11. The maximum absolute atomic E-state index is 10.8. The summed E-state index contributed by atoms with van der Waals surface area (Å²) in [5, 5.41) is 3.30. The number of para-hydroxylation sites is 1. The zero-order chi connectivity index (χ0) is 14.2. The van der Waals surface area contributed by atoms with E-state index in [2.05, 4.69) is 17.4 Å². The highest BCUT2D eigenvalue weighted by Crippen LogP contribution is 2.16. The molecule has 4 heteroatoms. The zero-order valence-electron chi connectivity index (χ0n) is 11.0. The van der Waals surface area contributed by atoms with Crippen molar-refractivity contribution >= 4 is 17.3 Å². The molecule has 0 fully saturated rings. The lowest BCUT2D eigenvalue weighted by Gasteiger charge is -2.08. The Kier molecular flexibility index (Phi) is 4.92. The minimum atomic E-state index is -0.493. The summed E-state index contributed by atoms with van der Waals surface area (Å²) in [5.41, 5.74) is 5.64. The smallest absolute Gasteiger partial charge is 0.348 e. The van der Waals surface area contributed by atoms with Crippen molar-refractivity contribution in [2.75, 3.05) is 5.32 Å². The number of hydrogen-bond acceptors (Lipinski definition) is 4. The molecule has 0 amide bonds. The number of benzene rings is 2. The highest BCUT2D eigenvalue weighted by Gasteiger charge is 1.98. The van der Waals surface area contributed by atoms with Gasteiger partial charge in [0, 0.05) is 17.5 Å². The summed E-state index contributed by atoms with van der Waals surface area (Å²) in [6.07, 6.45) is 1.11. The van der Waals surface area contributed by atoms with Gasteiger partial charge in [0.15, 0.2) is 0 Å². The Balaban J connectivity index is 1.86. The van der Waals surface area contributed by atoms with E-state index in [0.717, 1.165) is 23.0 Å². The second-order valence-electron chi connectivity index (χ2n) is 4.13. The predicted octanol–water partition coefficient (Wildman–Crippen LogP) is 3.16. The van der Waals surface area contributed by atoms with Crippen LogP contribution < -0.4 is 10.8 Å². The molecule has 102 valence electrons. The second-order valence-corrected chi connectivity index (χ2v) is 4.13. The van der Waals surface area contributed by atoms with Gasteiger partial charge in [0.25, 0.3) is 0 Å². The first-order valence-corrected chi connectivity index (χ1v) is 6.25. The summed E-state index contributed by atoms with van der Waals surface area (Å²) in [5.74, 6) is -0.493. The fourth-order valence-electron chi connectivity index (χ4n) is 1.63. The molecule has 0 aliphatic carbocycles. The Hall–Kier alpha value is -2.59. The van der Waals surface area contributed by atoms with Crippen molar-refractivity contribution in [3.05, 3.63) is 72.8 Å². The van der Waals surface area contributed by atoms with Crippen LogP contribution in [0.3, 0.4) is 0 Å². The van der Waals surface area contributed by atoms with Crippen molar-refractivity contribution < 1.29 is 9.63 Å². The van der Waals surface area contributed by atoms with Crippen LogP contribution in [0.25, 0.3) is 0 Å². The Bertz CT molecular complexity index is 565. The Morgan fingerprint density at radius 2 is 1.70 bits per heavy atom. The molecule has 0 saturated heterocycles. The van der Waals surface area contributed by atoms with E-state index in [-0.39, 0.29) is 0 Å². The van der Waals surface area contributed by atoms with Crippen molar-refractivity contribution in [1.29, 1.82) is 0 Å². The number of nitrogens with one attached hydrogen (secondary N) is 2. The van der Waals surface area contributed by atoms with Gasteiger partial charge in [-0.15, -0.1) is 5.48 Å². The van der Waals surface area contributed by atoms with Crippen molar-refractivity contribution in [2.24, 2.45) is 0 Å². The lowest BCUT2D eigenvalue weighted by Crippen LogP contribution is -2.17. The third-order valence-electron chi connectivity index (χ3n) is 2.63. The number of carbonyl (C=O) groups is 1. The van der Waals surface area contributed by atoms with Gasteiger partial charge in [0.2, 0.25) is 0 Å². The summed E-state index contributed by atoms with van der Waals surface area (Å²) in [6.45, 7) is 3.76. The van der Waals surface area contributed by atoms with E-state index in [4.69, 9.17) is 4.84 Å². The van der Waals surface area contributed by atoms with Crippen molar-refractivity contribution in [3.8, 4) is 0 Å². The average Bonchev–Trinajstić information content (AvgIpc) is 2.50. The van der Waals surface area contributed by atoms with Gasteiger partial charge in [0.1, 0.15) is 0 Å². The van der Waals surface area contributed by atoms with E-state index < -0.39 is 5.97 Å². The highest BCUT2D eigenvalue weighted by molar-refractivity contribution is 5.80. The Morgan fingerprint density at radius 3 is 2.35 bits per heavy atom. The normalized spacial score (nSPS) is 9.80. The van der Waals surface area contributed by atoms with Gasteiger partial charge in [-0.2, -0.15) is 0 Å². The SMILES string of the molecule is C=CC(=O)ONCc1ccc(Nc2ccccc2)cc1. The van der Waals surface area contributed by atoms with Crippen LogP contribution >= 0.6 is 0 Å². The molecule has 2 aromatic rings. The zero-order valence-corrected chi connectivity index (χ0v) is 11.0. The molecule has 20 heavy (non-hydrogen) atoms. The molecule has 0 atom stereocenters. The molecule has 0 heterocycles. The fourth-order valence-corrected chi connectivity index (χ4v) is 1.63. The first-order valence-electron chi connectivity index (χ1n) is 6.25. The van der Waals surface area contributed by atoms with Gasteiger partial charge in [-0.05, 0) is 29.8 Å². The van der Waals surface area contributed by atoms with Crippen LogP contribution in [0.5, 0.6) is 0 Å². The topological polar surface area (TPSA) is 50.4 Å². The molecule has 2 N–H and O–H groups in total. The molecule has 0 saturated carbocycles. The molecule has 0 aliphatic heterocycles. The minimum Gasteiger partial charge on any atom is -0.367 e. The minimum absolute atomic E-state index is 0.450. The van der Waals surface area contributed by atoms with Crippen LogP contribution in [0, 0.1) is 0 Å². The standard InChI is InChI=1S/C16H16N2O2/c1-2-16(19)20-17-12-13-8-10-15(11-9-13)18-14-6-4-3-5-7-14/h2-11,17-18H,1,12H2. The summed E-state index contributed by atoms with van der Waals surface area (Å²) < 4.78 is 0. The average molecular weight is 268 g/mol. The van der Waals surface area contributed by atoms with Crippen LogP contribution in [-0.2, 0) is 16.2 Å². The van der Waals surface area contributed by atoms with Crippen LogP contribution in [0.1, 0.15) is 5.56 Å². The van der Waals surface area contributed by atoms with E-state index in [1.165, 1.54) is 0 Å². The van der Waals surface area contributed by atoms with E-state index in [0.29, 0.717) is 6.54 Å². The monoisotopic (exact) mass is 268 g/mol. The van der Waals surface area contributed by atoms with Crippen molar-refractivity contribution in [2.45, 2.75) is 6.54 Å². The molecule has 0 bridgehead atoms. The van der Waals surface area contributed by atoms with E-state index in [1.807, 2.05) is 54.6 Å². The molecule has 2 rings (SSSR count). The maximum atomic E-state index is 10.8. The first-order chi connectivity index (χ1) is 9.78. The molecular weight excluding hydrogens is 252 g/mol. The number of hydrogen-bond donors (Lipinski definition) is 2. The molecule has 0 radical (unpaired) electrons. The van der Waals surface area contributed by atoms with Crippen LogP contribution in [-0.4, -0.2) is 5.97 Å². The van der Waals surface area contributed by atoms with Gasteiger partial charge in [0.05, 0.1) is 6.54 Å². The van der Waals surface area contributed by atoms with Gasteiger partial charge in [-0.3, -0.25) is 0 Å². The third-order valence-corrected chi connectivity index (χ3v) is 2.63. The number of anilines is 2. The van der Waals surface area contributed by atoms with E-state index in [9.17, 15) is 4.79 Å². The predicted molar refractivity (Wildman–Crippen MR) is 79.3 cm³/mol. The molecule has 0 unspecified atom stereocenters. The third kappa shape index (κ3) is 4.26. The lowest BCUT2D eigenvalue weighted by molar-refractivity contribution is -0.145. The summed E-state index contributed by atoms with van der Waals surface area (Å²) in [6, 6.07) is 17.8. The molecule has 0 aliphatic rings. The number of carbonyl (C=O) groups excluding carboxylic acids is 1. The molecule has 0 aromatic heterocycles. The molecular formula is C16H16N2O2. The largest absolute Gasteiger partial charge is 0.367 e. The maximum Gasteiger partial charge on any atom is 0.348 e. The lowest BCUT2D eigenvalue weighted by atomic mass is 10.2. The quantitative estimate of drug-likeness (QED) is 0.624. The molecule has 0 spiro atoms. The Labute approximate surface area is 118 Å². The fraction of sp³-hybridized carbons (Fsp3) is 0.0625. The van der Waals surface area contributed by atoms with E-state index in [1.54, 1.807) is 0 Å². The molecule has 4 nitrogen and oxygen atoms in total.